The molecule has 3 rings (SSSR count). The molecule has 1 aliphatic rings. The average Bonchev–Trinajstić information content (AvgIpc) is 3.01. The lowest BCUT2D eigenvalue weighted by Crippen LogP contribution is -2.20. The number of hydrogen-bond donors (Lipinski definition) is 0. The molecule has 3 nitrogen and oxygen atoms in total. The van der Waals surface area contributed by atoms with Gasteiger partial charge in [-0.05, 0) is 31.9 Å². The largest absolute Gasteiger partial charge is 0.318 e. The van der Waals surface area contributed by atoms with E-state index in [9.17, 15) is 0 Å². The maximum absolute atomic E-state index is 4.73. The monoisotopic (exact) mass is 259 g/mol. The first-order valence-electron chi connectivity index (χ1n) is 6.46. The van der Waals surface area contributed by atoms with Gasteiger partial charge in [0.05, 0.1) is 11.9 Å². The lowest BCUT2D eigenvalue weighted by molar-refractivity contribution is 0.496. The minimum absolute atomic E-state index is 0.645. The van der Waals surface area contributed by atoms with Gasteiger partial charge in [-0.15, -0.1) is 11.3 Å². The molecule has 0 saturated heterocycles. The Hall–Kier alpha value is -1.42. The van der Waals surface area contributed by atoms with Crippen molar-refractivity contribution in [2.75, 3.05) is 0 Å². The lowest BCUT2D eigenvalue weighted by Gasteiger charge is -2.13. The van der Waals surface area contributed by atoms with Crippen LogP contribution in [0.5, 0.6) is 0 Å². The Balaban J connectivity index is 2.05. The molecule has 2 heterocycles. The van der Waals surface area contributed by atoms with Gasteiger partial charge in [-0.1, -0.05) is 12.8 Å². The van der Waals surface area contributed by atoms with E-state index in [0.29, 0.717) is 6.04 Å². The van der Waals surface area contributed by atoms with Crippen LogP contribution in [-0.2, 0) is 0 Å². The van der Waals surface area contributed by atoms with Crippen molar-refractivity contribution in [3.8, 4) is 0 Å². The van der Waals surface area contributed by atoms with Crippen LogP contribution in [0.4, 0.5) is 5.69 Å². The van der Waals surface area contributed by atoms with Crippen molar-refractivity contribution in [1.29, 1.82) is 0 Å². The summed E-state index contributed by atoms with van der Waals surface area (Å²) in [7, 11) is 0. The summed E-state index contributed by atoms with van der Waals surface area (Å²) in [5.74, 6) is 0. The zero-order valence-corrected chi connectivity index (χ0v) is 11.4. The molecule has 18 heavy (non-hydrogen) atoms. The standard InChI is InChI=1S/C14H17N3S/c1-11-10-18-14(16-12-5-4-8-15-9-12)17(11)13-6-2-3-7-13/h4-5,8-10,13H,2-3,6-7H2,1H3. The Labute approximate surface area is 111 Å². The molecule has 0 aromatic carbocycles. The van der Waals surface area contributed by atoms with Crippen LogP contribution in [0.15, 0.2) is 34.9 Å². The van der Waals surface area contributed by atoms with Crippen molar-refractivity contribution in [3.63, 3.8) is 0 Å². The van der Waals surface area contributed by atoms with Crippen LogP contribution < -0.4 is 4.80 Å². The number of aryl methyl sites for hydroxylation is 1. The Morgan fingerprint density at radius 1 is 1.39 bits per heavy atom. The van der Waals surface area contributed by atoms with Crippen molar-refractivity contribution in [3.05, 3.63) is 40.4 Å². The van der Waals surface area contributed by atoms with E-state index < -0.39 is 0 Å². The fourth-order valence-corrected chi connectivity index (χ4v) is 3.57. The first-order chi connectivity index (χ1) is 8.84. The molecular formula is C14H17N3S. The molecule has 2 aromatic rings. The summed E-state index contributed by atoms with van der Waals surface area (Å²) < 4.78 is 2.41. The molecule has 94 valence electrons. The van der Waals surface area contributed by atoms with Gasteiger partial charge in [-0.3, -0.25) is 4.98 Å². The van der Waals surface area contributed by atoms with E-state index in [0.717, 1.165) is 10.5 Å². The molecule has 0 bridgehead atoms. The second kappa shape index (κ2) is 5.06. The van der Waals surface area contributed by atoms with Gasteiger partial charge in [0.1, 0.15) is 0 Å². The van der Waals surface area contributed by atoms with Crippen molar-refractivity contribution in [2.24, 2.45) is 4.99 Å². The molecular weight excluding hydrogens is 242 g/mol. The minimum Gasteiger partial charge on any atom is -0.318 e. The number of pyridine rings is 1. The quantitative estimate of drug-likeness (QED) is 0.810. The second-order valence-corrected chi connectivity index (χ2v) is 5.63. The van der Waals surface area contributed by atoms with Gasteiger partial charge in [-0.2, -0.15) is 0 Å². The van der Waals surface area contributed by atoms with Gasteiger partial charge < -0.3 is 4.57 Å². The molecule has 0 unspecified atom stereocenters. The van der Waals surface area contributed by atoms with Gasteiger partial charge in [0.25, 0.3) is 0 Å². The first kappa shape index (κ1) is 11.7. The first-order valence-corrected chi connectivity index (χ1v) is 7.34. The minimum atomic E-state index is 0.645. The van der Waals surface area contributed by atoms with Crippen molar-refractivity contribution in [2.45, 2.75) is 38.6 Å². The summed E-state index contributed by atoms with van der Waals surface area (Å²) in [5, 5.41) is 2.20. The van der Waals surface area contributed by atoms with Crippen LogP contribution in [-0.4, -0.2) is 9.55 Å². The van der Waals surface area contributed by atoms with E-state index in [1.807, 2.05) is 18.3 Å². The molecule has 0 N–H and O–H groups in total. The molecule has 0 spiro atoms. The topological polar surface area (TPSA) is 30.2 Å². The SMILES string of the molecule is Cc1csc(=Nc2cccnc2)n1C1CCCC1. The summed E-state index contributed by atoms with van der Waals surface area (Å²) in [6.07, 6.45) is 8.87. The number of aromatic nitrogens is 2. The van der Waals surface area contributed by atoms with Crippen molar-refractivity contribution < 1.29 is 0 Å². The highest BCUT2D eigenvalue weighted by molar-refractivity contribution is 7.07. The predicted molar refractivity (Wildman–Crippen MR) is 74.0 cm³/mol. The van der Waals surface area contributed by atoms with Crippen LogP contribution in [0.1, 0.15) is 37.4 Å². The maximum atomic E-state index is 4.73. The van der Waals surface area contributed by atoms with Crippen molar-refractivity contribution >= 4 is 17.0 Å². The summed E-state index contributed by atoms with van der Waals surface area (Å²) in [6, 6.07) is 4.58. The normalized spacial score (nSPS) is 17.5. The number of thiazole rings is 1. The van der Waals surface area contributed by atoms with Crippen LogP contribution in [0.2, 0.25) is 0 Å². The van der Waals surface area contributed by atoms with Crippen LogP contribution in [0, 0.1) is 6.92 Å². The number of hydrogen-bond acceptors (Lipinski definition) is 3. The molecule has 1 aliphatic carbocycles. The van der Waals surface area contributed by atoms with Gasteiger partial charge in [-0.25, -0.2) is 4.99 Å². The van der Waals surface area contributed by atoms with Crippen molar-refractivity contribution in [1.82, 2.24) is 9.55 Å². The summed E-state index contributed by atoms with van der Waals surface area (Å²) in [6.45, 7) is 2.18. The van der Waals surface area contributed by atoms with Crippen LogP contribution >= 0.6 is 11.3 Å². The summed E-state index contributed by atoms with van der Waals surface area (Å²) in [4.78, 5) is 9.95. The van der Waals surface area contributed by atoms with E-state index in [2.05, 4.69) is 21.9 Å². The Bertz CT molecular complexity index is 577. The molecule has 1 saturated carbocycles. The zero-order chi connectivity index (χ0) is 12.4. The molecule has 0 aliphatic heterocycles. The third-order valence-electron chi connectivity index (χ3n) is 3.48. The molecule has 4 heteroatoms. The predicted octanol–water partition coefficient (Wildman–Crippen LogP) is 3.60. The lowest BCUT2D eigenvalue weighted by atomic mass is 10.2. The smallest absolute Gasteiger partial charge is 0.190 e. The highest BCUT2D eigenvalue weighted by Crippen LogP contribution is 2.29. The Kier molecular flexibility index (Phi) is 3.28. The fraction of sp³-hybridized carbons (Fsp3) is 0.429. The molecule has 0 amide bonds. The van der Waals surface area contributed by atoms with E-state index in [1.165, 1.54) is 31.4 Å². The molecule has 0 atom stereocenters. The second-order valence-electron chi connectivity index (χ2n) is 4.79. The highest BCUT2D eigenvalue weighted by atomic mass is 32.1. The van der Waals surface area contributed by atoms with Gasteiger partial charge >= 0.3 is 0 Å². The number of nitrogens with zero attached hydrogens (tertiary/aromatic N) is 3. The average molecular weight is 259 g/mol. The maximum Gasteiger partial charge on any atom is 0.190 e. The van der Waals surface area contributed by atoms with E-state index >= 15 is 0 Å². The highest BCUT2D eigenvalue weighted by Gasteiger charge is 2.19. The summed E-state index contributed by atoms with van der Waals surface area (Å²) >= 11 is 1.73. The third kappa shape index (κ3) is 2.25. The van der Waals surface area contributed by atoms with E-state index in [4.69, 9.17) is 4.99 Å². The van der Waals surface area contributed by atoms with Gasteiger partial charge in [0.15, 0.2) is 4.80 Å². The molecule has 2 aromatic heterocycles. The Morgan fingerprint density at radius 3 is 2.94 bits per heavy atom. The van der Waals surface area contributed by atoms with E-state index in [-0.39, 0.29) is 0 Å². The number of rotatable bonds is 2. The Morgan fingerprint density at radius 2 is 2.22 bits per heavy atom. The third-order valence-corrected chi connectivity index (χ3v) is 4.44. The fourth-order valence-electron chi connectivity index (χ4n) is 2.62. The molecule has 0 radical (unpaired) electrons. The van der Waals surface area contributed by atoms with Crippen LogP contribution in [0.25, 0.3) is 0 Å². The van der Waals surface area contributed by atoms with E-state index in [1.54, 1.807) is 17.5 Å². The van der Waals surface area contributed by atoms with Crippen LogP contribution in [0.3, 0.4) is 0 Å². The van der Waals surface area contributed by atoms with Gasteiger partial charge in [0, 0.05) is 23.3 Å². The summed E-state index contributed by atoms with van der Waals surface area (Å²) in [5.41, 5.74) is 2.26. The molecule has 1 fully saturated rings. The van der Waals surface area contributed by atoms with Gasteiger partial charge in [0.2, 0.25) is 0 Å². The zero-order valence-electron chi connectivity index (χ0n) is 10.5.